The standard InChI is InChI=1S/C12H22N4O3S/c1-9-8-20(17,18)6-5-16(9)11-15-14-10(19-11)7-13-12(2,3)4/h9,13H,5-8H2,1-4H3. The van der Waals surface area contributed by atoms with E-state index in [1.54, 1.807) is 0 Å². The van der Waals surface area contributed by atoms with Gasteiger partial charge in [0.15, 0.2) is 9.84 Å². The minimum absolute atomic E-state index is 0.0267. The summed E-state index contributed by atoms with van der Waals surface area (Å²) in [5.41, 5.74) is -0.0267. The molecule has 7 nitrogen and oxygen atoms in total. The van der Waals surface area contributed by atoms with Gasteiger partial charge in [0.2, 0.25) is 5.89 Å². The number of hydrogen-bond donors (Lipinski definition) is 1. The van der Waals surface area contributed by atoms with Gasteiger partial charge in [0, 0.05) is 18.1 Å². The van der Waals surface area contributed by atoms with Gasteiger partial charge in [-0.25, -0.2) is 8.42 Å². The minimum Gasteiger partial charge on any atom is -0.407 e. The molecule has 1 saturated heterocycles. The SMILES string of the molecule is CC1CS(=O)(=O)CCN1c1nnc(CNC(C)(C)C)o1. The second-order valence-corrected chi connectivity index (χ2v) is 8.47. The highest BCUT2D eigenvalue weighted by Gasteiger charge is 2.31. The molecule has 1 N–H and O–H groups in total. The molecule has 1 aromatic rings. The average molecular weight is 302 g/mol. The number of anilines is 1. The molecule has 0 aromatic carbocycles. The van der Waals surface area contributed by atoms with Crippen molar-refractivity contribution in [3.8, 4) is 0 Å². The summed E-state index contributed by atoms with van der Waals surface area (Å²) >= 11 is 0. The first kappa shape index (κ1) is 15.2. The molecule has 0 bridgehead atoms. The minimum atomic E-state index is -2.94. The first-order chi connectivity index (χ1) is 9.16. The van der Waals surface area contributed by atoms with Gasteiger partial charge >= 0.3 is 6.01 Å². The quantitative estimate of drug-likeness (QED) is 0.873. The van der Waals surface area contributed by atoms with Gasteiger partial charge in [-0.2, -0.15) is 0 Å². The van der Waals surface area contributed by atoms with Crippen molar-refractivity contribution in [1.82, 2.24) is 15.5 Å². The Kier molecular flexibility index (Phi) is 4.06. The van der Waals surface area contributed by atoms with Crippen LogP contribution in [0, 0.1) is 0 Å². The molecule has 1 atom stereocenters. The van der Waals surface area contributed by atoms with Gasteiger partial charge in [-0.15, -0.1) is 5.10 Å². The van der Waals surface area contributed by atoms with Gasteiger partial charge in [0.05, 0.1) is 18.1 Å². The van der Waals surface area contributed by atoms with Crippen molar-refractivity contribution in [1.29, 1.82) is 0 Å². The largest absolute Gasteiger partial charge is 0.407 e. The van der Waals surface area contributed by atoms with Crippen molar-refractivity contribution in [2.75, 3.05) is 23.0 Å². The summed E-state index contributed by atoms with van der Waals surface area (Å²) in [6.07, 6.45) is 0. The molecule has 0 saturated carbocycles. The molecular formula is C12H22N4O3S. The molecule has 1 aliphatic heterocycles. The predicted molar refractivity (Wildman–Crippen MR) is 76.4 cm³/mol. The molecular weight excluding hydrogens is 280 g/mol. The Morgan fingerprint density at radius 1 is 1.40 bits per heavy atom. The molecule has 0 aliphatic carbocycles. The first-order valence-corrected chi connectivity index (χ1v) is 8.53. The second kappa shape index (κ2) is 5.33. The predicted octanol–water partition coefficient (Wildman–Crippen LogP) is 0.581. The Morgan fingerprint density at radius 3 is 2.70 bits per heavy atom. The van der Waals surface area contributed by atoms with Crippen LogP contribution < -0.4 is 10.2 Å². The number of hydrogen-bond acceptors (Lipinski definition) is 7. The van der Waals surface area contributed by atoms with Crippen LogP contribution in [0.5, 0.6) is 0 Å². The van der Waals surface area contributed by atoms with E-state index in [1.807, 2.05) is 11.8 Å². The zero-order chi connectivity index (χ0) is 15.0. The monoisotopic (exact) mass is 302 g/mol. The second-order valence-electron chi connectivity index (χ2n) is 6.24. The van der Waals surface area contributed by atoms with Crippen molar-refractivity contribution >= 4 is 15.9 Å². The van der Waals surface area contributed by atoms with E-state index >= 15 is 0 Å². The Balaban J connectivity index is 2.02. The number of nitrogens with zero attached hydrogens (tertiary/aromatic N) is 3. The molecule has 1 aromatic heterocycles. The normalized spacial score (nSPS) is 23.0. The lowest BCUT2D eigenvalue weighted by molar-refractivity contribution is 0.379. The van der Waals surface area contributed by atoms with Gasteiger partial charge in [0.1, 0.15) is 0 Å². The average Bonchev–Trinajstić information content (AvgIpc) is 2.72. The van der Waals surface area contributed by atoms with E-state index in [0.717, 1.165) is 0 Å². The van der Waals surface area contributed by atoms with Gasteiger partial charge in [-0.1, -0.05) is 5.10 Å². The third-order valence-electron chi connectivity index (χ3n) is 3.14. The lowest BCUT2D eigenvalue weighted by Gasteiger charge is -2.31. The first-order valence-electron chi connectivity index (χ1n) is 6.71. The van der Waals surface area contributed by atoms with Crippen LogP contribution in [0.1, 0.15) is 33.6 Å². The highest BCUT2D eigenvalue weighted by molar-refractivity contribution is 7.91. The third-order valence-corrected chi connectivity index (χ3v) is 4.94. The Bertz CT molecular complexity index is 562. The zero-order valence-electron chi connectivity index (χ0n) is 12.4. The Labute approximate surface area is 119 Å². The van der Waals surface area contributed by atoms with Crippen LogP contribution in [0.15, 0.2) is 4.42 Å². The summed E-state index contributed by atoms with van der Waals surface area (Å²) in [4.78, 5) is 1.86. The summed E-state index contributed by atoms with van der Waals surface area (Å²) in [5.74, 6) is 0.774. The van der Waals surface area contributed by atoms with E-state index in [2.05, 4.69) is 36.3 Å². The fourth-order valence-corrected chi connectivity index (χ4v) is 3.61. The lowest BCUT2D eigenvalue weighted by atomic mass is 10.1. The molecule has 2 heterocycles. The Hall–Kier alpha value is -1.15. The van der Waals surface area contributed by atoms with Crippen molar-refractivity contribution in [2.24, 2.45) is 0 Å². The van der Waals surface area contributed by atoms with Crippen molar-refractivity contribution in [3.63, 3.8) is 0 Å². The van der Waals surface area contributed by atoms with Crippen LogP contribution in [0.2, 0.25) is 0 Å². The molecule has 0 radical (unpaired) electrons. The van der Waals surface area contributed by atoms with Crippen molar-refractivity contribution < 1.29 is 12.8 Å². The van der Waals surface area contributed by atoms with Gasteiger partial charge in [-0.05, 0) is 27.7 Å². The fraction of sp³-hybridized carbons (Fsp3) is 0.833. The number of aromatic nitrogens is 2. The van der Waals surface area contributed by atoms with Crippen LogP contribution in [0.25, 0.3) is 0 Å². The molecule has 0 spiro atoms. The van der Waals surface area contributed by atoms with Gasteiger partial charge < -0.3 is 14.6 Å². The maximum Gasteiger partial charge on any atom is 0.318 e. The van der Waals surface area contributed by atoms with E-state index < -0.39 is 9.84 Å². The summed E-state index contributed by atoms with van der Waals surface area (Å²) < 4.78 is 28.7. The molecule has 8 heteroatoms. The molecule has 1 unspecified atom stereocenters. The summed E-state index contributed by atoms with van der Waals surface area (Å²) in [6.45, 7) is 8.92. The van der Waals surface area contributed by atoms with E-state index in [4.69, 9.17) is 4.42 Å². The van der Waals surface area contributed by atoms with E-state index in [0.29, 0.717) is 25.0 Å². The maximum absolute atomic E-state index is 11.6. The van der Waals surface area contributed by atoms with E-state index in [9.17, 15) is 8.42 Å². The number of rotatable bonds is 3. The molecule has 2 rings (SSSR count). The van der Waals surface area contributed by atoms with Crippen molar-refractivity contribution in [3.05, 3.63) is 5.89 Å². The highest BCUT2D eigenvalue weighted by atomic mass is 32.2. The summed E-state index contributed by atoms with van der Waals surface area (Å²) in [7, 11) is -2.94. The molecule has 0 amide bonds. The van der Waals surface area contributed by atoms with Crippen LogP contribution in [-0.4, -0.2) is 48.2 Å². The summed E-state index contributed by atoms with van der Waals surface area (Å²) in [6, 6.07) is 0.260. The maximum atomic E-state index is 11.6. The third kappa shape index (κ3) is 3.92. The fourth-order valence-electron chi connectivity index (χ4n) is 2.06. The highest BCUT2D eigenvalue weighted by Crippen LogP contribution is 2.20. The van der Waals surface area contributed by atoms with Crippen LogP contribution in [-0.2, 0) is 16.4 Å². The van der Waals surface area contributed by atoms with E-state index in [-0.39, 0.29) is 23.1 Å². The smallest absolute Gasteiger partial charge is 0.318 e. The number of sulfone groups is 1. The lowest BCUT2D eigenvalue weighted by Crippen LogP contribution is -2.47. The van der Waals surface area contributed by atoms with Gasteiger partial charge in [-0.3, -0.25) is 0 Å². The zero-order valence-corrected chi connectivity index (χ0v) is 13.2. The molecule has 114 valence electrons. The molecule has 20 heavy (non-hydrogen) atoms. The topological polar surface area (TPSA) is 88.3 Å². The van der Waals surface area contributed by atoms with E-state index in [1.165, 1.54) is 0 Å². The van der Waals surface area contributed by atoms with Crippen LogP contribution in [0.3, 0.4) is 0 Å². The molecule has 1 fully saturated rings. The van der Waals surface area contributed by atoms with Crippen LogP contribution in [0.4, 0.5) is 6.01 Å². The van der Waals surface area contributed by atoms with Crippen LogP contribution >= 0.6 is 0 Å². The van der Waals surface area contributed by atoms with Gasteiger partial charge in [0.25, 0.3) is 0 Å². The number of nitrogens with one attached hydrogen (secondary N) is 1. The molecule has 1 aliphatic rings. The summed E-state index contributed by atoms with van der Waals surface area (Å²) in [5, 5.41) is 11.3. The van der Waals surface area contributed by atoms with Crippen molar-refractivity contribution in [2.45, 2.75) is 45.8 Å². The Morgan fingerprint density at radius 2 is 2.10 bits per heavy atom.